The van der Waals surface area contributed by atoms with Gasteiger partial charge >= 0.3 is 0 Å². The second kappa shape index (κ2) is 7.85. The summed E-state index contributed by atoms with van der Waals surface area (Å²) in [7, 11) is -3.62. The van der Waals surface area contributed by atoms with Gasteiger partial charge < -0.3 is 0 Å². The number of carbonyl (C=O) groups excluding carboxylic acids is 1. The molecular weight excluding hydrogens is 370 g/mol. The van der Waals surface area contributed by atoms with Gasteiger partial charge in [-0.2, -0.15) is 0 Å². The second-order valence-electron chi connectivity index (χ2n) is 6.82. The number of anilines is 1. The van der Waals surface area contributed by atoms with Crippen LogP contribution in [0.1, 0.15) is 61.5 Å². The van der Waals surface area contributed by atoms with E-state index in [0.717, 1.165) is 31.4 Å². The molecular formula is C18H23N3O3S2. The van der Waals surface area contributed by atoms with Gasteiger partial charge in [-0.25, -0.2) is 18.1 Å². The summed E-state index contributed by atoms with van der Waals surface area (Å²) in [5.41, 5.74) is 1.21. The third kappa shape index (κ3) is 4.49. The Hall–Kier alpha value is -1.77. The summed E-state index contributed by atoms with van der Waals surface area (Å²) in [5.74, 6) is -0.0837. The van der Waals surface area contributed by atoms with Crippen molar-refractivity contribution in [3.05, 3.63) is 40.9 Å². The van der Waals surface area contributed by atoms with Crippen LogP contribution in [0.2, 0.25) is 0 Å². The van der Waals surface area contributed by atoms with E-state index in [0.29, 0.717) is 10.7 Å². The number of carbonyl (C=O) groups is 1. The number of nitrogens with one attached hydrogen (secondary N) is 2. The van der Waals surface area contributed by atoms with Crippen LogP contribution in [0.4, 0.5) is 5.13 Å². The van der Waals surface area contributed by atoms with Crippen molar-refractivity contribution in [3.8, 4) is 0 Å². The van der Waals surface area contributed by atoms with Crippen molar-refractivity contribution in [2.45, 2.75) is 56.4 Å². The van der Waals surface area contributed by atoms with Crippen LogP contribution < -0.4 is 10.0 Å². The van der Waals surface area contributed by atoms with E-state index in [1.165, 1.54) is 23.5 Å². The molecule has 1 saturated carbocycles. The van der Waals surface area contributed by atoms with E-state index >= 15 is 0 Å². The average molecular weight is 394 g/mol. The number of aromatic nitrogens is 1. The van der Waals surface area contributed by atoms with Crippen LogP contribution in [0.25, 0.3) is 0 Å². The Bertz CT molecular complexity index is 885. The van der Waals surface area contributed by atoms with E-state index in [1.807, 2.05) is 19.2 Å². The highest BCUT2D eigenvalue weighted by atomic mass is 32.2. The van der Waals surface area contributed by atoms with Crippen molar-refractivity contribution < 1.29 is 13.2 Å². The fourth-order valence-corrected chi connectivity index (χ4v) is 5.13. The molecule has 1 amide bonds. The summed E-state index contributed by atoms with van der Waals surface area (Å²) >= 11 is 1.36. The maximum absolute atomic E-state index is 12.5. The Labute approximate surface area is 158 Å². The first-order valence-electron chi connectivity index (χ1n) is 8.74. The first kappa shape index (κ1) is 19.0. The van der Waals surface area contributed by atoms with Crippen LogP contribution in [0, 0.1) is 0 Å². The molecule has 0 atom stereocenters. The lowest BCUT2D eigenvalue weighted by molar-refractivity contribution is 0.102. The number of benzene rings is 1. The lowest BCUT2D eigenvalue weighted by atomic mass is 10.2. The predicted molar refractivity (Wildman–Crippen MR) is 103 cm³/mol. The molecule has 1 heterocycles. The number of sulfonamides is 1. The van der Waals surface area contributed by atoms with Gasteiger partial charge in [-0.15, -0.1) is 11.3 Å². The number of hydrogen-bond acceptors (Lipinski definition) is 5. The van der Waals surface area contributed by atoms with E-state index in [-0.39, 0.29) is 22.8 Å². The zero-order valence-electron chi connectivity index (χ0n) is 14.9. The van der Waals surface area contributed by atoms with Crippen LogP contribution in [0.3, 0.4) is 0 Å². The summed E-state index contributed by atoms with van der Waals surface area (Å²) in [6.07, 6.45) is 3.81. The van der Waals surface area contributed by atoms with Gasteiger partial charge in [0.15, 0.2) is 5.13 Å². The molecule has 0 aliphatic heterocycles. The molecule has 1 fully saturated rings. The number of amides is 1. The van der Waals surface area contributed by atoms with Gasteiger partial charge in [-0.1, -0.05) is 32.8 Å². The normalized spacial score (nSPS) is 15.5. The average Bonchev–Trinajstić information content (AvgIpc) is 3.26. The highest BCUT2D eigenvalue weighted by Gasteiger charge is 2.23. The monoisotopic (exact) mass is 393 g/mol. The van der Waals surface area contributed by atoms with Gasteiger partial charge in [0.25, 0.3) is 5.91 Å². The molecule has 140 valence electrons. The molecule has 0 saturated heterocycles. The zero-order valence-corrected chi connectivity index (χ0v) is 16.5. The Morgan fingerprint density at radius 1 is 1.27 bits per heavy atom. The molecule has 1 aliphatic rings. The smallest absolute Gasteiger partial charge is 0.257 e. The molecule has 26 heavy (non-hydrogen) atoms. The van der Waals surface area contributed by atoms with Gasteiger partial charge in [-0.05, 0) is 37.0 Å². The van der Waals surface area contributed by atoms with Gasteiger partial charge in [0.2, 0.25) is 10.0 Å². The minimum Gasteiger partial charge on any atom is -0.298 e. The van der Waals surface area contributed by atoms with Crippen molar-refractivity contribution in [2.24, 2.45) is 0 Å². The topological polar surface area (TPSA) is 88.2 Å². The lowest BCUT2D eigenvalue weighted by Gasteiger charge is -2.13. The highest BCUT2D eigenvalue weighted by Crippen LogP contribution is 2.23. The van der Waals surface area contributed by atoms with Gasteiger partial charge in [0.1, 0.15) is 0 Å². The third-order valence-electron chi connectivity index (χ3n) is 4.42. The molecule has 1 aliphatic carbocycles. The van der Waals surface area contributed by atoms with Crippen LogP contribution in [0.5, 0.6) is 0 Å². The maximum atomic E-state index is 12.5. The minimum atomic E-state index is -3.62. The second-order valence-corrected chi connectivity index (χ2v) is 9.39. The van der Waals surface area contributed by atoms with E-state index in [9.17, 15) is 13.2 Å². The third-order valence-corrected chi connectivity index (χ3v) is 6.71. The summed E-state index contributed by atoms with van der Waals surface area (Å²) in [6, 6.07) is 6.08. The van der Waals surface area contributed by atoms with Crippen LogP contribution in [-0.2, 0) is 10.0 Å². The number of thiazole rings is 1. The van der Waals surface area contributed by atoms with Gasteiger partial charge in [0.05, 0.1) is 10.6 Å². The molecule has 2 N–H and O–H groups in total. The molecule has 0 bridgehead atoms. The van der Waals surface area contributed by atoms with Crippen molar-refractivity contribution in [1.82, 2.24) is 9.71 Å². The predicted octanol–water partition coefficient (Wildman–Crippen LogP) is 3.74. The number of hydrogen-bond donors (Lipinski definition) is 2. The summed E-state index contributed by atoms with van der Waals surface area (Å²) in [6.45, 7) is 4.07. The van der Waals surface area contributed by atoms with Crippen LogP contribution >= 0.6 is 11.3 Å². The van der Waals surface area contributed by atoms with Gasteiger partial charge in [-0.3, -0.25) is 10.1 Å². The quantitative estimate of drug-likeness (QED) is 0.782. The molecule has 1 aromatic heterocycles. The summed E-state index contributed by atoms with van der Waals surface area (Å²) < 4.78 is 27.8. The fraction of sp³-hybridized carbons (Fsp3) is 0.444. The molecule has 0 radical (unpaired) electrons. The first-order valence-corrected chi connectivity index (χ1v) is 11.1. The largest absolute Gasteiger partial charge is 0.298 e. The fourth-order valence-electron chi connectivity index (χ4n) is 2.91. The number of nitrogens with zero attached hydrogens (tertiary/aromatic N) is 1. The highest BCUT2D eigenvalue weighted by molar-refractivity contribution is 7.89. The Morgan fingerprint density at radius 3 is 2.65 bits per heavy atom. The molecule has 6 nitrogen and oxygen atoms in total. The summed E-state index contributed by atoms with van der Waals surface area (Å²) in [4.78, 5) is 16.9. The summed E-state index contributed by atoms with van der Waals surface area (Å²) in [5, 5.41) is 5.16. The minimum absolute atomic E-state index is 0.0118. The van der Waals surface area contributed by atoms with Crippen molar-refractivity contribution >= 4 is 32.4 Å². The SMILES string of the molecule is CC(C)c1csc(NC(=O)c2cccc(S(=O)(=O)NC3CCCC3)c2)n1. The molecule has 3 rings (SSSR count). The molecule has 0 unspecified atom stereocenters. The van der Waals surface area contributed by atoms with Crippen molar-refractivity contribution in [3.63, 3.8) is 0 Å². The van der Waals surface area contributed by atoms with Crippen molar-refractivity contribution in [2.75, 3.05) is 5.32 Å². The molecule has 8 heteroatoms. The standard InChI is InChI=1S/C18H23N3O3S2/c1-12(2)16-11-25-18(19-16)20-17(22)13-6-5-9-15(10-13)26(23,24)21-14-7-3-4-8-14/h5-6,9-12,14,21H,3-4,7-8H2,1-2H3,(H,19,20,22). The van der Waals surface area contributed by atoms with E-state index in [1.54, 1.807) is 12.1 Å². The molecule has 0 spiro atoms. The first-order chi connectivity index (χ1) is 12.3. The zero-order chi connectivity index (χ0) is 18.7. The lowest BCUT2D eigenvalue weighted by Crippen LogP contribution is -2.32. The van der Waals surface area contributed by atoms with Crippen LogP contribution in [-0.4, -0.2) is 25.4 Å². The number of rotatable bonds is 6. The Balaban J connectivity index is 1.74. The molecule has 1 aromatic carbocycles. The molecule has 2 aromatic rings. The van der Waals surface area contributed by atoms with E-state index < -0.39 is 10.0 Å². The van der Waals surface area contributed by atoms with E-state index in [2.05, 4.69) is 15.0 Å². The van der Waals surface area contributed by atoms with Crippen molar-refractivity contribution in [1.29, 1.82) is 0 Å². The van der Waals surface area contributed by atoms with E-state index in [4.69, 9.17) is 0 Å². The Kier molecular flexibility index (Phi) is 5.74. The van der Waals surface area contributed by atoms with Gasteiger partial charge in [0, 0.05) is 17.0 Å². The maximum Gasteiger partial charge on any atom is 0.257 e. The Morgan fingerprint density at radius 2 is 2.00 bits per heavy atom. The van der Waals surface area contributed by atoms with Crippen LogP contribution in [0.15, 0.2) is 34.5 Å².